The standard InChI is InChI=1S/C18H23ClN2O3/c1-11(13-3-5-16(19)6-4-13)21-10-14(7-17(21)23)18(24)20-8-15(9-20)12(2)22/h3-6,11-12,14-15,22H,7-10H2,1-2H3/t11-,12-,14?/m0/s1. The van der Waals surface area contributed by atoms with Crippen molar-refractivity contribution in [1.29, 1.82) is 0 Å². The molecule has 2 saturated heterocycles. The van der Waals surface area contributed by atoms with E-state index in [4.69, 9.17) is 11.6 Å². The van der Waals surface area contributed by atoms with E-state index in [1.165, 1.54) is 0 Å². The lowest BCUT2D eigenvalue weighted by molar-refractivity contribution is -0.144. The number of likely N-dealkylation sites (tertiary alicyclic amines) is 2. The number of carbonyl (C=O) groups is 2. The van der Waals surface area contributed by atoms with E-state index in [-0.39, 0.29) is 42.2 Å². The fourth-order valence-corrected chi connectivity index (χ4v) is 3.57. The van der Waals surface area contributed by atoms with Crippen molar-refractivity contribution in [3.8, 4) is 0 Å². The molecular formula is C18H23ClN2O3. The number of amides is 2. The van der Waals surface area contributed by atoms with Gasteiger partial charge in [-0.25, -0.2) is 0 Å². The molecular weight excluding hydrogens is 328 g/mol. The molecule has 1 aromatic carbocycles. The van der Waals surface area contributed by atoms with Crippen LogP contribution in [0.3, 0.4) is 0 Å². The van der Waals surface area contributed by atoms with Gasteiger partial charge in [0.15, 0.2) is 0 Å². The molecule has 2 aliphatic heterocycles. The van der Waals surface area contributed by atoms with Crippen LogP contribution in [-0.4, -0.2) is 52.5 Å². The second kappa shape index (κ2) is 6.73. The molecule has 3 atom stereocenters. The third kappa shape index (κ3) is 3.28. The Morgan fingerprint density at radius 1 is 1.21 bits per heavy atom. The van der Waals surface area contributed by atoms with Gasteiger partial charge in [0.25, 0.3) is 0 Å². The van der Waals surface area contributed by atoms with Gasteiger partial charge in [-0.3, -0.25) is 9.59 Å². The number of hydrogen-bond acceptors (Lipinski definition) is 3. The average Bonchev–Trinajstić information content (AvgIpc) is 2.87. The van der Waals surface area contributed by atoms with E-state index in [2.05, 4.69) is 0 Å². The number of benzene rings is 1. The molecule has 6 heteroatoms. The van der Waals surface area contributed by atoms with Gasteiger partial charge >= 0.3 is 0 Å². The van der Waals surface area contributed by atoms with Gasteiger partial charge < -0.3 is 14.9 Å². The Hall–Kier alpha value is -1.59. The van der Waals surface area contributed by atoms with Crippen LogP contribution in [0, 0.1) is 11.8 Å². The zero-order valence-electron chi connectivity index (χ0n) is 14.0. The summed E-state index contributed by atoms with van der Waals surface area (Å²) in [6.07, 6.45) is -0.118. The highest BCUT2D eigenvalue weighted by molar-refractivity contribution is 6.30. The summed E-state index contributed by atoms with van der Waals surface area (Å²) in [5.41, 5.74) is 1.01. The highest BCUT2D eigenvalue weighted by atomic mass is 35.5. The van der Waals surface area contributed by atoms with E-state index in [1.54, 1.807) is 16.7 Å². The zero-order valence-corrected chi connectivity index (χ0v) is 14.7. The van der Waals surface area contributed by atoms with Crippen molar-refractivity contribution in [2.45, 2.75) is 32.4 Å². The Morgan fingerprint density at radius 2 is 1.83 bits per heavy atom. The molecule has 130 valence electrons. The van der Waals surface area contributed by atoms with Crippen LogP contribution < -0.4 is 0 Å². The summed E-state index contributed by atoms with van der Waals surface area (Å²) in [6, 6.07) is 7.38. The molecule has 24 heavy (non-hydrogen) atoms. The highest BCUT2D eigenvalue weighted by Crippen LogP contribution is 2.31. The Morgan fingerprint density at radius 3 is 2.42 bits per heavy atom. The minimum absolute atomic E-state index is 0.0170. The number of nitrogens with zero attached hydrogens (tertiary/aromatic N) is 2. The monoisotopic (exact) mass is 350 g/mol. The van der Waals surface area contributed by atoms with Crippen LogP contribution in [0.15, 0.2) is 24.3 Å². The van der Waals surface area contributed by atoms with Crippen molar-refractivity contribution in [2.24, 2.45) is 11.8 Å². The molecule has 5 nitrogen and oxygen atoms in total. The lowest BCUT2D eigenvalue weighted by Crippen LogP contribution is -2.55. The largest absolute Gasteiger partial charge is 0.393 e. The number of carbonyl (C=O) groups excluding carboxylic acids is 2. The highest BCUT2D eigenvalue weighted by Gasteiger charge is 2.42. The van der Waals surface area contributed by atoms with Crippen LogP contribution in [-0.2, 0) is 9.59 Å². The van der Waals surface area contributed by atoms with Gasteiger partial charge in [-0.15, -0.1) is 0 Å². The molecule has 0 spiro atoms. The van der Waals surface area contributed by atoms with Gasteiger partial charge in [-0.2, -0.15) is 0 Å². The Kier molecular flexibility index (Phi) is 4.83. The molecule has 0 saturated carbocycles. The molecule has 2 fully saturated rings. The van der Waals surface area contributed by atoms with Crippen molar-refractivity contribution < 1.29 is 14.7 Å². The number of halogens is 1. The van der Waals surface area contributed by atoms with Crippen molar-refractivity contribution in [3.05, 3.63) is 34.9 Å². The molecule has 0 radical (unpaired) electrons. The van der Waals surface area contributed by atoms with Crippen molar-refractivity contribution in [2.75, 3.05) is 19.6 Å². The SMILES string of the molecule is C[C@H](O)C1CN(C(=O)C2CC(=O)N([C@@H](C)c3ccc(Cl)cc3)C2)C1. The second-order valence-electron chi connectivity index (χ2n) is 6.92. The number of hydrogen-bond donors (Lipinski definition) is 1. The maximum atomic E-state index is 12.5. The van der Waals surface area contributed by atoms with E-state index in [0.717, 1.165) is 5.56 Å². The van der Waals surface area contributed by atoms with Crippen LogP contribution in [0.25, 0.3) is 0 Å². The maximum absolute atomic E-state index is 12.5. The first-order valence-electron chi connectivity index (χ1n) is 8.38. The van der Waals surface area contributed by atoms with E-state index in [0.29, 0.717) is 24.7 Å². The lowest BCUT2D eigenvalue weighted by atomic mass is 9.92. The Bertz CT molecular complexity index is 626. The van der Waals surface area contributed by atoms with Crippen molar-refractivity contribution >= 4 is 23.4 Å². The van der Waals surface area contributed by atoms with Crippen LogP contribution in [0.4, 0.5) is 0 Å². The van der Waals surface area contributed by atoms with Crippen LogP contribution in [0.1, 0.15) is 31.9 Å². The first kappa shape index (κ1) is 17.2. The number of aliphatic hydroxyl groups is 1. The fraction of sp³-hybridized carbons (Fsp3) is 0.556. The third-order valence-electron chi connectivity index (χ3n) is 5.23. The van der Waals surface area contributed by atoms with E-state index < -0.39 is 0 Å². The summed E-state index contributed by atoms with van der Waals surface area (Å²) in [4.78, 5) is 28.4. The summed E-state index contributed by atoms with van der Waals surface area (Å²) < 4.78 is 0. The molecule has 1 aromatic rings. The van der Waals surface area contributed by atoms with E-state index in [9.17, 15) is 14.7 Å². The summed E-state index contributed by atoms with van der Waals surface area (Å²) in [6.45, 7) is 5.36. The van der Waals surface area contributed by atoms with Crippen LogP contribution >= 0.6 is 11.6 Å². The first-order valence-corrected chi connectivity index (χ1v) is 8.76. The Balaban J connectivity index is 1.61. The summed E-state index contributed by atoms with van der Waals surface area (Å²) >= 11 is 5.91. The summed E-state index contributed by atoms with van der Waals surface area (Å²) in [5.74, 6) is -0.0631. The smallest absolute Gasteiger partial charge is 0.228 e. The van der Waals surface area contributed by atoms with Gasteiger partial charge in [0.2, 0.25) is 11.8 Å². The molecule has 2 amide bonds. The predicted octanol–water partition coefficient (Wildman–Crippen LogP) is 2.09. The van der Waals surface area contributed by atoms with Gasteiger partial charge in [0, 0.05) is 37.0 Å². The summed E-state index contributed by atoms with van der Waals surface area (Å²) in [7, 11) is 0. The van der Waals surface area contributed by atoms with Crippen LogP contribution in [0.2, 0.25) is 5.02 Å². The minimum Gasteiger partial charge on any atom is -0.393 e. The Labute approximate surface area is 147 Å². The van der Waals surface area contributed by atoms with Gasteiger partial charge in [-0.05, 0) is 31.5 Å². The van der Waals surface area contributed by atoms with Gasteiger partial charge in [0.05, 0.1) is 18.1 Å². The normalized spacial score (nSPS) is 24.0. The number of rotatable bonds is 4. The van der Waals surface area contributed by atoms with Gasteiger partial charge in [-0.1, -0.05) is 23.7 Å². The fourth-order valence-electron chi connectivity index (χ4n) is 3.45. The molecule has 2 heterocycles. The number of aliphatic hydroxyl groups excluding tert-OH is 1. The van der Waals surface area contributed by atoms with Gasteiger partial charge in [0.1, 0.15) is 0 Å². The predicted molar refractivity (Wildman–Crippen MR) is 91.4 cm³/mol. The molecule has 0 aromatic heterocycles. The van der Waals surface area contributed by atoms with E-state index in [1.807, 2.05) is 31.2 Å². The van der Waals surface area contributed by atoms with Crippen molar-refractivity contribution in [1.82, 2.24) is 9.80 Å². The average molecular weight is 351 g/mol. The summed E-state index contributed by atoms with van der Waals surface area (Å²) in [5, 5.41) is 10.2. The molecule has 1 unspecified atom stereocenters. The van der Waals surface area contributed by atoms with Crippen LogP contribution in [0.5, 0.6) is 0 Å². The molecule has 0 bridgehead atoms. The molecule has 0 aliphatic carbocycles. The minimum atomic E-state index is -0.388. The topological polar surface area (TPSA) is 60.9 Å². The second-order valence-corrected chi connectivity index (χ2v) is 7.36. The lowest BCUT2D eigenvalue weighted by Gasteiger charge is -2.42. The molecule has 2 aliphatic rings. The molecule has 1 N–H and O–H groups in total. The zero-order chi connectivity index (χ0) is 17.4. The third-order valence-corrected chi connectivity index (χ3v) is 5.48. The first-order chi connectivity index (χ1) is 11.4. The quantitative estimate of drug-likeness (QED) is 0.904. The maximum Gasteiger partial charge on any atom is 0.228 e. The van der Waals surface area contributed by atoms with Crippen molar-refractivity contribution in [3.63, 3.8) is 0 Å². The molecule has 3 rings (SSSR count). The van der Waals surface area contributed by atoms with E-state index >= 15 is 0 Å².